The van der Waals surface area contributed by atoms with Crippen molar-refractivity contribution in [1.29, 1.82) is 0 Å². The molecule has 102 valence electrons. The first-order valence-electron chi connectivity index (χ1n) is 6.45. The van der Waals surface area contributed by atoms with Gasteiger partial charge in [-0.3, -0.25) is 9.59 Å². The minimum Gasteiger partial charge on any atom is -0.461 e. The monoisotopic (exact) mass is 262 g/mol. The van der Waals surface area contributed by atoms with Crippen LogP contribution in [-0.4, -0.2) is 25.0 Å². The Balaban J connectivity index is 1.90. The number of ether oxygens (including phenoxy) is 2. The van der Waals surface area contributed by atoms with Crippen LogP contribution in [0.5, 0.6) is 0 Å². The third kappa shape index (κ3) is 3.64. The highest BCUT2D eigenvalue weighted by atomic mass is 16.5. The first-order chi connectivity index (χ1) is 9.20. The Hall–Kier alpha value is -1.68. The van der Waals surface area contributed by atoms with Crippen LogP contribution in [0, 0.1) is 5.92 Å². The predicted octanol–water partition coefficient (Wildman–Crippen LogP) is 2.11. The largest absolute Gasteiger partial charge is 0.461 e. The number of rotatable bonds is 4. The molecule has 0 saturated heterocycles. The molecule has 0 aromatic heterocycles. The van der Waals surface area contributed by atoms with Gasteiger partial charge in [0.2, 0.25) is 0 Å². The van der Waals surface area contributed by atoms with Gasteiger partial charge in [0, 0.05) is 20.0 Å². The Morgan fingerprint density at radius 2 is 2.05 bits per heavy atom. The normalized spacial score (nSPS) is 23.1. The van der Waals surface area contributed by atoms with Crippen LogP contribution < -0.4 is 0 Å². The van der Waals surface area contributed by atoms with Gasteiger partial charge in [-0.25, -0.2) is 0 Å². The SMILES string of the molecule is COC1CC(=O)CCC1C(=O)OCc1ccccc1. The van der Waals surface area contributed by atoms with Crippen molar-refractivity contribution < 1.29 is 19.1 Å². The molecule has 1 aromatic carbocycles. The van der Waals surface area contributed by atoms with E-state index in [1.165, 1.54) is 7.11 Å². The maximum atomic E-state index is 12.0. The van der Waals surface area contributed by atoms with E-state index < -0.39 is 0 Å². The van der Waals surface area contributed by atoms with Crippen molar-refractivity contribution in [2.45, 2.75) is 32.0 Å². The summed E-state index contributed by atoms with van der Waals surface area (Å²) in [4.78, 5) is 23.4. The molecular formula is C15H18O4. The van der Waals surface area contributed by atoms with Crippen LogP contribution in [0.3, 0.4) is 0 Å². The zero-order valence-electron chi connectivity index (χ0n) is 11.0. The quantitative estimate of drug-likeness (QED) is 0.780. The fourth-order valence-electron chi connectivity index (χ4n) is 2.32. The smallest absolute Gasteiger partial charge is 0.311 e. The first kappa shape index (κ1) is 13.7. The average Bonchev–Trinajstić information content (AvgIpc) is 2.45. The van der Waals surface area contributed by atoms with E-state index in [2.05, 4.69) is 0 Å². The van der Waals surface area contributed by atoms with Crippen LogP contribution in [-0.2, 0) is 25.7 Å². The van der Waals surface area contributed by atoms with E-state index in [0.717, 1.165) is 5.56 Å². The molecule has 2 unspecified atom stereocenters. The summed E-state index contributed by atoms with van der Waals surface area (Å²) in [6.45, 7) is 0.264. The lowest BCUT2D eigenvalue weighted by molar-refractivity contribution is -0.157. The molecule has 1 aliphatic rings. The number of carbonyl (C=O) groups excluding carboxylic acids is 2. The summed E-state index contributed by atoms with van der Waals surface area (Å²) < 4.78 is 10.5. The van der Waals surface area contributed by atoms with Crippen molar-refractivity contribution in [2.75, 3.05) is 7.11 Å². The molecule has 1 aliphatic carbocycles. The summed E-state index contributed by atoms with van der Waals surface area (Å²) in [5.74, 6) is -0.450. The van der Waals surface area contributed by atoms with Crippen molar-refractivity contribution in [3.8, 4) is 0 Å². The van der Waals surface area contributed by atoms with Gasteiger partial charge in [-0.15, -0.1) is 0 Å². The zero-order valence-corrected chi connectivity index (χ0v) is 11.0. The maximum Gasteiger partial charge on any atom is 0.311 e. The van der Waals surface area contributed by atoms with Crippen molar-refractivity contribution in [3.63, 3.8) is 0 Å². The maximum absolute atomic E-state index is 12.0. The van der Waals surface area contributed by atoms with Crippen LogP contribution in [0.1, 0.15) is 24.8 Å². The molecule has 1 aromatic rings. The fourth-order valence-corrected chi connectivity index (χ4v) is 2.32. The number of ketones is 1. The van der Waals surface area contributed by atoms with Gasteiger partial charge < -0.3 is 9.47 Å². The summed E-state index contributed by atoms with van der Waals surface area (Å²) in [6, 6.07) is 9.54. The molecule has 0 bridgehead atoms. The summed E-state index contributed by atoms with van der Waals surface area (Å²) in [7, 11) is 1.53. The predicted molar refractivity (Wildman–Crippen MR) is 69.4 cm³/mol. The first-order valence-corrected chi connectivity index (χ1v) is 6.45. The standard InChI is InChI=1S/C15H18O4/c1-18-14-9-12(16)7-8-13(14)15(17)19-10-11-5-3-2-4-6-11/h2-6,13-14H,7-10H2,1H3. The highest BCUT2D eigenvalue weighted by molar-refractivity contribution is 5.83. The Morgan fingerprint density at radius 3 is 2.74 bits per heavy atom. The Labute approximate surface area is 112 Å². The van der Waals surface area contributed by atoms with E-state index in [4.69, 9.17) is 9.47 Å². The number of benzene rings is 1. The van der Waals surface area contributed by atoms with Crippen LogP contribution in [0.15, 0.2) is 30.3 Å². The molecule has 4 nitrogen and oxygen atoms in total. The molecule has 0 N–H and O–H groups in total. The lowest BCUT2D eigenvalue weighted by Crippen LogP contribution is -2.37. The van der Waals surface area contributed by atoms with Crippen LogP contribution in [0.2, 0.25) is 0 Å². The molecule has 0 radical (unpaired) electrons. The lowest BCUT2D eigenvalue weighted by Gasteiger charge is -2.27. The van der Waals surface area contributed by atoms with Gasteiger partial charge in [-0.2, -0.15) is 0 Å². The molecule has 2 atom stereocenters. The van der Waals surface area contributed by atoms with E-state index in [-0.39, 0.29) is 30.4 Å². The van der Waals surface area contributed by atoms with Crippen LogP contribution in [0.4, 0.5) is 0 Å². The number of methoxy groups -OCH3 is 1. The van der Waals surface area contributed by atoms with E-state index in [0.29, 0.717) is 19.3 Å². The van der Waals surface area contributed by atoms with E-state index in [1.54, 1.807) is 0 Å². The van der Waals surface area contributed by atoms with Crippen molar-refractivity contribution >= 4 is 11.8 Å². The van der Waals surface area contributed by atoms with Gasteiger partial charge in [-0.1, -0.05) is 30.3 Å². The second-order valence-corrected chi connectivity index (χ2v) is 4.76. The highest BCUT2D eigenvalue weighted by Gasteiger charge is 2.35. The molecule has 0 amide bonds. The van der Waals surface area contributed by atoms with Crippen LogP contribution >= 0.6 is 0 Å². The number of carbonyl (C=O) groups is 2. The van der Waals surface area contributed by atoms with Crippen molar-refractivity contribution in [1.82, 2.24) is 0 Å². The molecule has 2 rings (SSSR count). The van der Waals surface area contributed by atoms with E-state index in [9.17, 15) is 9.59 Å². The Bertz CT molecular complexity index is 441. The van der Waals surface area contributed by atoms with Gasteiger partial charge in [0.25, 0.3) is 0 Å². The van der Waals surface area contributed by atoms with Crippen LogP contribution in [0.25, 0.3) is 0 Å². The molecule has 19 heavy (non-hydrogen) atoms. The third-order valence-electron chi connectivity index (χ3n) is 3.44. The molecule has 0 spiro atoms. The van der Waals surface area contributed by atoms with Crippen molar-refractivity contribution in [3.05, 3.63) is 35.9 Å². The Kier molecular flexibility index (Phi) is 4.68. The van der Waals surface area contributed by atoms with E-state index >= 15 is 0 Å². The van der Waals surface area contributed by atoms with Gasteiger partial charge >= 0.3 is 5.97 Å². The zero-order chi connectivity index (χ0) is 13.7. The molecular weight excluding hydrogens is 244 g/mol. The number of esters is 1. The molecule has 0 aliphatic heterocycles. The minimum absolute atomic E-state index is 0.152. The minimum atomic E-state index is -0.343. The number of Topliss-reactive ketones (excluding diaryl/α,β-unsaturated/α-hetero) is 1. The lowest BCUT2D eigenvalue weighted by atomic mass is 9.85. The fraction of sp³-hybridized carbons (Fsp3) is 0.467. The highest BCUT2D eigenvalue weighted by Crippen LogP contribution is 2.26. The molecule has 1 fully saturated rings. The van der Waals surface area contributed by atoms with Gasteiger partial charge in [0.15, 0.2) is 0 Å². The molecule has 1 saturated carbocycles. The third-order valence-corrected chi connectivity index (χ3v) is 3.44. The van der Waals surface area contributed by atoms with Gasteiger partial charge in [-0.05, 0) is 12.0 Å². The van der Waals surface area contributed by atoms with Gasteiger partial charge in [0.05, 0.1) is 12.0 Å². The Morgan fingerprint density at radius 1 is 1.32 bits per heavy atom. The molecule has 4 heteroatoms. The number of hydrogen-bond donors (Lipinski definition) is 0. The summed E-state index contributed by atoms with van der Waals surface area (Å²) >= 11 is 0. The summed E-state index contributed by atoms with van der Waals surface area (Å²) in [5.41, 5.74) is 0.955. The van der Waals surface area contributed by atoms with E-state index in [1.807, 2.05) is 30.3 Å². The second kappa shape index (κ2) is 6.48. The second-order valence-electron chi connectivity index (χ2n) is 4.76. The number of hydrogen-bond acceptors (Lipinski definition) is 4. The topological polar surface area (TPSA) is 52.6 Å². The summed E-state index contributed by atoms with van der Waals surface area (Å²) in [5, 5.41) is 0. The average molecular weight is 262 g/mol. The summed E-state index contributed by atoms with van der Waals surface area (Å²) in [6.07, 6.45) is 0.918. The van der Waals surface area contributed by atoms with Crippen molar-refractivity contribution in [2.24, 2.45) is 5.92 Å². The van der Waals surface area contributed by atoms with Gasteiger partial charge in [0.1, 0.15) is 12.4 Å². The molecule has 0 heterocycles.